The summed E-state index contributed by atoms with van der Waals surface area (Å²) in [5.41, 5.74) is 1.83. The molecule has 190 valence electrons. The van der Waals surface area contributed by atoms with Crippen molar-refractivity contribution in [1.82, 2.24) is 14.8 Å². The molecule has 0 aliphatic carbocycles. The molecular weight excluding hydrogens is 498 g/mol. The van der Waals surface area contributed by atoms with Gasteiger partial charge in [-0.3, -0.25) is 24.1 Å². The molecule has 0 fully saturated rings. The molecule has 0 bridgehead atoms. The third-order valence-electron chi connectivity index (χ3n) is 5.44. The summed E-state index contributed by atoms with van der Waals surface area (Å²) in [4.78, 5) is 27.3. The van der Waals surface area contributed by atoms with E-state index in [-0.39, 0.29) is 17.0 Å². The Morgan fingerprint density at radius 3 is 2.38 bits per heavy atom. The quantitative estimate of drug-likeness (QED) is 0.188. The first kappa shape index (κ1) is 25.7. The van der Waals surface area contributed by atoms with Gasteiger partial charge < -0.3 is 5.32 Å². The molecule has 4 aromatic rings. The summed E-state index contributed by atoms with van der Waals surface area (Å²) in [6, 6.07) is 18.3. The smallest absolute Gasteiger partial charge is 0.297 e. The minimum absolute atomic E-state index is 0.0314. The number of carbonyl (C=O) groups is 1. The molecule has 1 amide bonds. The van der Waals surface area contributed by atoms with E-state index in [0.717, 1.165) is 29.8 Å². The van der Waals surface area contributed by atoms with Crippen molar-refractivity contribution >= 4 is 27.5 Å². The van der Waals surface area contributed by atoms with Gasteiger partial charge in [0, 0.05) is 49.1 Å². The van der Waals surface area contributed by atoms with Gasteiger partial charge in [0.15, 0.2) is 6.10 Å². The van der Waals surface area contributed by atoms with E-state index in [9.17, 15) is 23.3 Å². The number of aromatic nitrogens is 3. The lowest BCUT2D eigenvalue weighted by Gasteiger charge is -2.18. The molecule has 0 spiro atoms. The fourth-order valence-corrected chi connectivity index (χ4v) is 4.61. The Balaban J connectivity index is 1.61. The van der Waals surface area contributed by atoms with E-state index in [1.807, 2.05) is 6.92 Å². The van der Waals surface area contributed by atoms with E-state index in [1.165, 1.54) is 0 Å². The van der Waals surface area contributed by atoms with E-state index >= 15 is 0 Å². The van der Waals surface area contributed by atoms with E-state index in [4.69, 9.17) is 4.18 Å². The van der Waals surface area contributed by atoms with Gasteiger partial charge in [-0.25, -0.2) is 4.68 Å². The largest absolute Gasteiger partial charge is 0.309 e. The highest BCUT2D eigenvalue weighted by molar-refractivity contribution is 7.86. The maximum Gasteiger partial charge on any atom is 0.297 e. The molecule has 1 N–H and O–H groups in total. The van der Waals surface area contributed by atoms with Crippen LogP contribution in [-0.4, -0.2) is 40.1 Å². The van der Waals surface area contributed by atoms with Gasteiger partial charge in [-0.1, -0.05) is 30.3 Å². The lowest BCUT2D eigenvalue weighted by Crippen LogP contribution is -2.35. The maximum absolute atomic E-state index is 13.3. The Bertz CT molecular complexity index is 1490. The van der Waals surface area contributed by atoms with Crippen LogP contribution < -0.4 is 5.32 Å². The number of nitro groups is 1. The van der Waals surface area contributed by atoms with Crippen molar-refractivity contribution in [3.63, 3.8) is 0 Å². The molecule has 11 nitrogen and oxygen atoms in total. The third-order valence-corrected chi connectivity index (χ3v) is 6.78. The average Bonchev–Trinajstić information content (AvgIpc) is 3.32. The number of benzene rings is 2. The summed E-state index contributed by atoms with van der Waals surface area (Å²) in [6.07, 6.45) is 1.81. The molecule has 0 radical (unpaired) electrons. The minimum atomic E-state index is -4.43. The fraction of sp³-hybridized carbons (Fsp3) is 0.160. The molecule has 0 saturated heterocycles. The number of aryl methyl sites for hydroxylation is 1. The van der Waals surface area contributed by atoms with Crippen LogP contribution in [0, 0.1) is 10.1 Å². The summed E-state index contributed by atoms with van der Waals surface area (Å²) in [7, 11) is -4.43. The van der Waals surface area contributed by atoms with Crippen LogP contribution >= 0.6 is 0 Å². The third kappa shape index (κ3) is 6.23. The van der Waals surface area contributed by atoms with Crippen molar-refractivity contribution in [2.75, 3.05) is 5.32 Å². The Kier molecular flexibility index (Phi) is 7.70. The van der Waals surface area contributed by atoms with Crippen molar-refractivity contribution in [3.05, 3.63) is 101 Å². The monoisotopic (exact) mass is 521 g/mol. The summed E-state index contributed by atoms with van der Waals surface area (Å²) in [5, 5.41) is 18.1. The molecule has 0 aliphatic heterocycles. The first-order valence-corrected chi connectivity index (χ1v) is 12.7. The van der Waals surface area contributed by atoms with Crippen LogP contribution in [0.25, 0.3) is 11.3 Å². The Morgan fingerprint density at radius 1 is 1.08 bits per heavy atom. The lowest BCUT2D eigenvalue weighted by molar-refractivity contribution is -0.384. The van der Waals surface area contributed by atoms with Gasteiger partial charge in [0.25, 0.3) is 21.7 Å². The number of amides is 1. The maximum atomic E-state index is 13.3. The zero-order chi connectivity index (χ0) is 26.4. The van der Waals surface area contributed by atoms with Gasteiger partial charge in [-0.15, -0.1) is 0 Å². The van der Waals surface area contributed by atoms with Gasteiger partial charge in [0.1, 0.15) is 5.82 Å². The number of non-ortho nitro benzene ring substituents is 1. The molecule has 37 heavy (non-hydrogen) atoms. The van der Waals surface area contributed by atoms with Crippen molar-refractivity contribution in [3.8, 4) is 11.3 Å². The van der Waals surface area contributed by atoms with Gasteiger partial charge in [-0.05, 0) is 36.8 Å². The molecule has 2 aromatic carbocycles. The number of nitro benzene ring substituents is 1. The second kappa shape index (κ2) is 11.1. The Morgan fingerprint density at radius 2 is 1.76 bits per heavy atom. The highest BCUT2D eigenvalue weighted by Crippen LogP contribution is 2.24. The van der Waals surface area contributed by atoms with E-state index < -0.39 is 27.1 Å². The van der Waals surface area contributed by atoms with Crippen LogP contribution in [-0.2, 0) is 32.1 Å². The molecule has 12 heteroatoms. The number of pyridine rings is 1. The number of anilines is 1. The molecule has 4 rings (SSSR count). The zero-order valence-electron chi connectivity index (χ0n) is 19.7. The van der Waals surface area contributed by atoms with Crippen LogP contribution in [0.2, 0.25) is 0 Å². The number of hydrogen-bond acceptors (Lipinski definition) is 8. The molecule has 1 atom stereocenters. The van der Waals surface area contributed by atoms with Crippen molar-refractivity contribution in [2.45, 2.75) is 30.9 Å². The SMILES string of the molecule is CCn1nc(-c2ccncc2)cc1NC(=O)C(Cc1ccccc1)OS(=O)(=O)c1ccc([N+](=O)[O-])cc1. The number of hydrogen-bond donors (Lipinski definition) is 1. The van der Waals surface area contributed by atoms with E-state index in [1.54, 1.807) is 65.6 Å². The summed E-state index contributed by atoms with van der Waals surface area (Å²) >= 11 is 0. The second-order valence-corrected chi connectivity index (χ2v) is 9.51. The van der Waals surface area contributed by atoms with E-state index in [0.29, 0.717) is 23.6 Å². The van der Waals surface area contributed by atoms with Crippen LogP contribution in [0.1, 0.15) is 12.5 Å². The topological polar surface area (TPSA) is 146 Å². The molecule has 2 heterocycles. The first-order valence-electron chi connectivity index (χ1n) is 11.3. The van der Waals surface area contributed by atoms with Crippen molar-refractivity contribution in [2.24, 2.45) is 0 Å². The summed E-state index contributed by atoms with van der Waals surface area (Å²) in [6.45, 7) is 2.31. The highest BCUT2D eigenvalue weighted by Gasteiger charge is 2.29. The first-order chi connectivity index (χ1) is 17.8. The predicted octanol–water partition coefficient (Wildman–Crippen LogP) is 3.83. The minimum Gasteiger partial charge on any atom is -0.309 e. The predicted molar refractivity (Wildman–Crippen MR) is 135 cm³/mol. The number of carbonyl (C=O) groups excluding carboxylic acids is 1. The number of nitrogens with one attached hydrogen (secondary N) is 1. The second-order valence-electron chi connectivity index (χ2n) is 7.94. The molecular formula is C25H23N5O6S. The molecule has 2 aromatic heterocycles. The molecule has 1 unspecified atom stereocenters. The number of nitrogens with zero attached hydrogens (tertiary/aromatic N) is 4. The van der Waals surface area contributed by atoms with Gasteiger partial charge in [-0.2, -0.15) is 13.5 Å². The standard InChI is InChI=1S/C25H23N5O6S/c1-2-29-24(17-22(28-29)19-12-14-26-15-13-19)27-25(31)23(16-18-6-4-3-5-7-18)36-37(34,35)21-10-8-20(9-11-21)30(32)33/h3-15,17,23H,2,16H2,1H3,(H,27,31). The zero-order valence-corrected chi connectivity index (χ0v) is 20.5. The summed E-state index contributed by atoms with van der Waals surface area (Å²) in [5.74, 6) is -0.320. The van der Waals surface area contributed by atoms with Gasteiger partial charge >= 0.3 is 0 Å². The lowest BCUT2D eigenvalue weighted by atomic mass is 10.1. The van der Waals surface area contributed by atoms with Crippen LogP contribution in [0.15, 0.2) is 90.1 Å². The highest BCUT2D eigenvalue weighted by atomic mass is 32.2. The fourth-order valence-electron chi connectivity index (χ4n) is 3.57. The molecule has 0 aliphatic rings. The average molecular weight is 522 g/mol. The summed E-state index contributed by atoms with van der Waals surface area (Å²) < 4.78 is 32.9. The van der Waals surface area contributed by atoms with Gasteiger partial charge in [0.05, 0.1) is 15.5 Å². The van der Waals surface area contributed by atoms with Crippen molar-refractivity contribution < 1.29 is 22.3 Å². The Labute approximate surface area is 213 Å². The van der Waals surface area contributed by atoms with Crippen molar-refractivity contribution in [1.29, 1.82) is 0 Å². The Hall–Kier alpha value is -4.42. The molecule has 0 saturated carbocycles. The van der Waals surface area contributed by atoms with Crippen LogP contribution in [0.4, 0.5) is 11.5 Å². The normalized spacial score (nSPS) is 12.1. The van der Waals surface area contributed by atoms with E-state index in [2.05, 4.69) is 15.4 Å². The van der Waals surface area contributed by atoms with Crippen LogP contribution in [0.5, 0.6) is 0 Å². The van der Waals surface area contributed by atoms with Crippen LogP contribution in [0.3, 0.4) is 0 Å². The number of rotatable bonds is 10. The van der Waals surface area contributed by atoms with Gasteiger partial charge in [0.2, 0.25) is 0 Å².